The van der Waals surface area contributed by atoms with Gasteiger partial charge in [0.05, 0.1) is 22.3 Å². The Balaban J connectivity index is 1.65. The lowest BCUT2D eigenvalue weighted by Crippen LogP contribution is -2.14. The van der Waals surface area contributed by atoms with E-state index in [1.54, 1.807) is 31.2 Å². The molecule has 4 aromatic rings. The average Bonchev–Trinajstić information content (AvgIpc) is 2.90. The van der Waals surface area contributed by atoms with Gasteiger partial charge in [-0.25, -0.2) is 4.79 Å². The van der Waals surface area contributed by atoms with E-state index in [1.165, 1.54) is 6.08 Å². The number of carbonyl (C=O) groups is 2. The van der Waals surface area contributed by atoms with Crippen LogP contribution in [0.25, 0.3) is 16.8 Å². The van der Waals surface area contributed by atoms with Crippen molar-refractivity contribution in [1.82, 2.24) is 0 Å². The van der Waals surface area contributed by atoms with Crippen LogP contribution < -0.4 is 14.8 Å². The second-order valence-electron chi connectivity index (χ2n) is 8.41. The molecular weight excluding hydrogens is 692 g/mol. The zero-order chi connectivity index (χ0) is 28.1. The van der Waals surface area contributed by atoms with Gasteiger partial charge in [-0.15, -0.1) is 0 Å². The third-order valence-corrected chi connectivity index (χ3v) is 7.48. The Morgan fingerprint density at radius 1 is 0.974 bits per heavy atom. The van der Waals surface area contributed by atoms with Crippen molar-refractivity contribution >= 4 is 82.2 Å². The van der Waals surface area contributed by atoms with Gasteiger partial charge in [-0.05, 0) is 120 Å². The number of hydrogen-bond donors (Lipinski definition) is 1. The Morgan fingerprint density at radius 2 is 1.67 bits per heavy atom. The lowest BCUT2D eigenvalue weighted by Gasteiger charge is -2.14. The number of ether oxygens (including phenoxy) is 2. The molecule has 1 N–H and O–H groups in total. The average molecular weight is 713 g/mol. The second kappa shape index (κ2) is 12.6. The van der Waals surface area contributed by atoms with Crippen molar-refractivity contribution in [2.75, 3.05) is 11.9 Å². The highest BCUT2D eigenvalue weighted by atomic mass is 79.9. The summed E-state index contributed by atoms with van der Waals surface area (Å²) in [5.74, 6) is -0.637. The standard InChI is InChI=1S/C30H21Br3N2O4/c1-3-38-26-15-18(13-20(16-34)29(36)35-27-23(31)11-17(2)12-24(27)32)14-25(33)28(26)39-30(37)22-10-6-8-19-7-4-5-9-21(19)22/h4-15H,3H2,1-2H3,(H,35,36)/b20-13+. The maximum absolute atomic E-state index is 13.2. The Hall–Kier alpha value is -3.45. The molecule has 4 aromatic carbocycles. The Morgan fingerprint density at radius 3 is 2.36 bits per heavy atom. The topological polar surface area (TPSA) is 88.4 Å². The van der Waals surface area contributed by atoms with E-state index in [4.69, 9.17) is 9.47 Å². The number of aryl methyl sites for hydroxylation is 1. The van der Waals surface area contributed by atoms with Crippen LogP contribution in [-0.2, 0) is 4.79 Å². The first-order valence-electron chi connectivity index (χ1n) is 11.8. The molecule has 0 radical (unpaired) electrons. The smallest absolute Gasteiger partial charge is 0.344 e. The molecule has 0 aliphatic heterocycles. The molecule has 0 spiro atoms. The van der Waals surface area contributed by atoms with E-state index >= 15 is 0 Å². The first-order chi connectivity index (χ1) is 18.7. The molecule has 0 aliphatic carbocycles. The van der Waals surface area contributed by atoms with E-state index in [9.17, 15) is 14.9 Å². The molecule has 0 atom stereocenters. The summed E-state index contributed by atoms with van der Waals surface area (Å²) in [5.41, 5.74) is 2.31. The molecule has 1 amide bonds. The SMILES string of the molecule is CCOc1cc(/C=C(\C#N)C(=O)Nc2c(Br)cc(C)cc2Br)cc(Br)c1OC(=O)c1cccc2ccccc12. The Labute approximate surface area is 251 Å². The minimum atomic E-state index is -0.580. The number of amides is 1. The quantitative estimate of drug-likeness (QED) is 0.0898. The number of nitrogens with zero attached hydrogens (tertiary/aromatic N) is 1. The van der Waals surface area contributed by atoms with Crippen LogP contribution in [-0.4, -0.2) is 18.5 Å². The highest BCUT2D eigenvalue weighted by Gasteiger charge is 2.20. The Bertz CT molecular complexity index is 1650. The maximum Gasteiger partial charge on any atom is 0.344 e. The van der Waals surface area contributed by atoms with E-state index < -0.39 is 11.9 Å². The van der Waals surface area contributed by atoms with E-state index in [1.807, 2.05) is 55.5 Å². The van der Waals surface area contributed by atoms with Crippen LogP contribution in [0.3, 0.4) is 0 Å². The van der Waals surface area contributed by atoms with Gasteiger partial charge in [0.15, 0.2) is 11.5 Å². The predicted molar refractivity (Wildman–Crippen MR) is 163 cm³/mol. The van der Waals surface area contributed by atoms with Crippen LogP contribution in [0.15, 0.2) is 85.7 Å². The molecule has 196 valence electrons. The van der Waals surface area contributed by atoms with Gasteiger partial charge >= 0.3 is 5.97 Å². The van der Waals surface area contributed by atoms with Crippen LogP contribution >= 0.6 is 47.8 Å². The van der Waals surface area contributed by atoms with Crippen molar-refractivity contribution in [3.8, 4) is 17.6 Å². The van der Waals surface area contributed by atoms with Crippen LogP contribution in [0.2, 0.25) is 0 Å². The number of halogens is 3. The molecule has 0 aromatic heterocycles. The van der Waals surface area contributed by atoms with Gasteiger partial charge in [0.25, 0.3) is 5.91 Å². The molecule has 0 unspecified atom stereocenters. The number of fused-ring (bicyclic) bond motifs is 1. The zero-order valence-electron chi connectivity index (χ0n) is 20.8. The fraction of sp³-hybridized carbons (Fsp3) is 0.100. The van der Waals surface area contributed by atoms with Crippen molar-refractivity contribution in [3.63, 3.8) is 0 Å². The number of anilines is 1. The van der Waals surface area contributed by atoms with E-state index in [0.717, 1.165) is 16.3 Å². The number of benzene rings is 4. The van der Waals surface area contributed by atoms with Gasteiger partial charge in [0.1, 0.15) is 11.6 Å². The third kappa shape index (κ3) is 6.59. The maximum atomic E-state index is 13.2. The number of esters is 1. The third-order valence-electron chi connectivity index (χ3n) is 5.64. The Kier molecular flexibility index (Phi) is 9.23. The summed E-state index contributed by atoms with van der Waals surface area (Å²) < 4.78 is 13.3. The number of nitriles is 1. The summed E-state index contributed by atoms with van der Waals surface area (Å²) in [6.45, 7) is 4.04. The predicted octanol–water partition coefficient (Wildman–Crippen LogP) is 8.60. The van der Waals surface area contributed by atoms with Gasteiger partial charge in [-0.2, -0.15) is 5.26 Å². The summed E-state index contributed by atoms with van der Waals surface area (Å²) in [6.07, 6.45) is 1.44. The minimum absolute atomic E-state index is 0.121. The molecule has 0 fully saturated rings. The van der Waals surface area contributed by atoms with Crippen molar-refractivity contribution in [2.24, 2.45) is 0 Å². The molecular formula is C30H21Br3N2O4. The lowest BCUT2D eigenvalue weighted by molar-refractivity contribution is -0.112. The second-order valence-corrected chi connectivity index (χ2v) is 11.0. The molecule has 39 heavy (non-hydrogen) atoms. The van der Waals surface area contributed by atoms with Crippen molar-refractivity contribution < 1.29 is 19.1 Å². The fourth-order valence-corrected chi connectivity index (χ4v) is 6.05. The monoisotopic (exact) mass is 710 g/mol. The number of rotatable bonds is 7. The van der Waals surface area contributed by atoms with E-state index in [0.29, 0.717) is 36.8 Å². The summed E-state index contributed by atoms with van der Waals surface area (Å²) in [7, 11) is 0. The molecule has 6 nitrogen and oxygen atoms in total. The minimum Gasteiger partial charge on any atom is -0.490 e. The van der Waals surface area contributed by atoms with Crippen molar-refractivity contribution in [3.05, 3.63) is 102 Å². The lowest BCUT2D eigenvalue weighted by atomic mass is 10.0. The van der Waals surface area contributed by atoms with Crippen molar-refractivity contribution in [2.45, 2.75) is 13.8 Å². The van der Waals surface area contributed by atoms with Crippen molar-refractivity contribution in [1.29, 1.82) is 5.26 Å². The normalized spacial score (nSPS) is 11.1. The molecule has 0 aliphatic rings. The fourth-order valence-electron chi connectivity index (χ4n) is 3.90. The largest absolute Gasteiger partial charge is 0.490 e. The zero-order valence-corrected chi connectivity index (χ0v) is 25.6. The van der Waals surface area contributed by atoms with Crippen LogP contribution in [0.5, 0.6) is 11.5 Å². The van der Waals surface area contributed by atoms with Gasteiger partial charge < -0.3 is 14.8 Å². The first kappa shape index (κ1) is 28.6. The number of nitrogens with one attached hydrogen (secondary N) is 1. The summed E-state index contributed by atoms with van der Waals surface area (Å²) >= 11 is 10.4. The van der Waals surface area contributed by atoms with Crippen LogP contribution in [0, 0.1) is 18.3 Å². The van der Waals surface area contributed by atoms with Crippen LogP contribution in [0.4, 0.5) is 5.69 Å². The van der Waals surface area contributed by atoms with Gasteiger partial charge in [-0.3, -0.25) is 4.79 Å². The summed E-state index contributed by atoms with van der Waals surface area (Å²) in [6, 6.07) is 21.9. The van der Waals surface area contributed by atoms with Gasteiger partial charge in [-0.1, -0.05) is 36.4 Å². The molecule has 0 heterocycles. The highest BCUT2D eigenvalue weighted by molar-refractivity contribution is 9.11. The molecule has 0 bridgehead atoms. The molecule has 4 rings (SSSR count). The first-order valence-corrected chi connectivity index (χ1v) is 14.1. The van der Waals surface area contributed by atoms with E-state index in [-0.39, 0.29) is 17.1 Å². The van der Waals surface area contributed by atoms with Crippen LogP contribution in [0.1, 0.15) is 28.4 Å². The van der Waals surface area contributed by atoms with Gasteiger partial charge in [0.2, 0.25) is 0 Å². The van der Waals surface area contributed by atoms with Gasteiger partial charge in [0, 0.05) is 8.95 Å². The van der Waals surface area contributed by atoms with E-state index in [2.05, 4.69) is 53.1 Å². The number of hydrogen-bond acceptors (Lipinski definition) is 5. The highest BCUT2D eigenvalue weighted by Crippen LogP contribution is 2.39. The molecule has 0 saturated heterocycles. The summed E-state index contributed by atoms with van der Waals surface area (Å²) in [4.78, 5) is 26.1. The summed E-state index contributed by atoms with van der Waals surface area (Å²) in [5, 5.41) is 14.2. The molecule has 9 heteroatoms. The molecule has 0 saturated carbocycles. The number of carbonyl (C=O) groups excluding carboxylic acids is 2.